The summed E-state index contributed by atoms with van der Waals surface area (Å²) in [5.41, 5.74) is 1.99. The van der Waals surface area contributed by atoms with Gasteiger partial charge in [-0.05, 0) is 55.7 Å². The van der Waals surface area contributed by atoms with E-state index in [1.54, 1.807) is 36.4 Å². The van der Waals surface area contributed by atoms with Crippen LogP contribution in [0.15, 0.2) is 78.9 Å². The summed E-state index contributed by atoms with van der Waals surface area (Å²) in [6.45, 7) is 3.85. The van der Waals surface area contributed by atoms with Crippen LogP contribution in [-0.4, -0.2) is 57.1 Å². The second kappa shape index (κ2) is 14.6. The fourth-order valence-corrected chi connectivity index (χ4v) is 5.45. The number of anilines is 1. The van der Waals surface area contributed by atoms with E-state index in [2.05, 4.69) is 5.32 Å². The summed E-state index contributed by atoms with van der Waals surface area (Å²) in [5, 5.41) is 2.93. The maximum Gasteiger partial charge on any atom is 0.243 e. The van der Waals surface area contributed by atoms with Crippen LogP contribution in [-0.2, 0) is 32.6 Å². The molecule has 8 nitrogen and oxygen atoms in total. The largest absolute Gasteiger partial charge is 0.497 e. The van der Waals surface area contributed by atoms with Crippen molar-refractivity contribution in [3.63, 3.8) is 0 Å². The van der Waals surface area contributed by atoms with E-state index in [0.29, 0.717) is 17.0 Å². The molecule has 0 bridgehead atoms. The Bertz CT molecular complexity index is 1400. The molecule has 41 heavy (non-hydrogen) atoms. The van der Waals surface area contributed by atoms with Gasteiger partial charge >= 0.3 is 0 Å². The van der Waals surface area contributed by atoms with Gasteiger partial charge in [-0.2, -0.15) is 0 Å². The average molecular weight is 584 g/mol. The van der Waals surface area contributed by atoms with E-state index in [1.807, 2.05) is 44.2 Å². The number of carbonyl (C=O) groups excluding carboxylic acids is 2. The zero-order chi connectivity index (χ0) is 30.0. The van der Waals surface area contributed by atoms with Gasteiger partial charge in [0.05, 0.1) is 19.1 Å². The van der Waals surface area contributed by atoms with E-state index in [4.69, 9.17) is 4.74 Å². The van der Waals surface area contributed by atoms with Crippen molar-refractivity contribution in [2.45, 2.75) is 51.7 Å². The molecule has 0 fully saturated rings. The molecule has 0 saturated carbocycles. The van der Waals surface area contributed by atoms with Gasteiger partial charge in [0, 0.05) is 38.0 Å². The van der Waals surface area contributed by atoms with Crippen LogP contribution in [0, 0.1) is 5.82 Å². The number of halogens is 1. The van der Waals surface area contributed by atoms with Gasteiger partial charge in [-0.15, -0.1) is 0 Å². The lowest BCUT2D eigenvalue weighted by atomic mass is 10.0. The molecule has 0 radical (unpaired) electrons. The molecule has 0 aliphatic rings. The number of methoxy groups -OCH3 is 1. The van der Waals surface area contributed by atoms with Gasteiger partial charge in [-0.25, -0.2) is 12.8 Å². The van der Waals surface area contributed by atoms with Gasteiger partial charge in [0.25, 0.3) is 0 Å². The molecule has 1 N–H and O–H groups in total. The fraction of sp³-hybridized carbons (Fsp3) is 0.355. The Morgan fingerprint density at radius 3 is 2.24 bits per heavy atom. The first kappa shape index (κ1) is 31.6. The molecule has 2 amide bonds. The van der Waals surface area contributed by atoms with Crippen LogP contribution in [0.2, 0.25) is 0 Å². The third-order valence-corrected chi connectivity index (χ3v) is 7.66. The van der Waals surface area contributed by atoms with Crippen LogP contribution in [0.4, 0.5) is 10.1 Å². The van der Waals surface area contributed by atoms with Crippen molar-refractivity contribution in [1.29, 1.82) is 0 Å². The number of hydrogen-bond donors (Lipinski definition) is 1. The van der Waals surface area contributed by atoms with Gasteiger partial charge in [0.1, 0.15) is 17.6 Å². The minimum absolute atomic E-state index is 0.00255. The number of amides is 2. The molecule has 3 aromatic carbocycles. The van der Waals surface area contributed by atoms with E-state index in [9.17, 15) is 22.4 Å². The molecule has 3 rings (SSSR count). The summed E-state index contributed by atoms with van der Waals surface area (Å²) in [6.07, 6.45) is 1.61. The van der Waals surface area contributed by atoms with E-state index in [1.165, 1.54) is 28.4 Å². The normalized spacial score (nSPS) is 12.0. The number of benzene rings is 3. The van der Waals surface area contributed by atoms with Crippen LogP contribution < -0.4 is 14.4 Å². The van der Waals surface area contributed by atoms with Gasteiger partial charge < -0.3 is 15.0 Å². The lowest BCUT2D eigenvalue weighted by molar-refractivity contribution is -0.141. The number of nitrogens with zero attached hydrogens (tertiary/aromatic N) is 2. The predicted octanol–water partition coefficient (Wildman–Crippen LogP) is 4.55. The third-order valence-electron chi connectivity index (χ3n) is 6.46. The third kappa shape index (κ3) is 9.60. The molecular weight excluding hydrogens is 545 g/mol. The molecule has 0 aliphatic heterocycles. The Morgan fingerprint density at radius 1 is 0.951 bits per heavy atom. The maximum atomic E-state index is 13.8. The highest BCUT2D eigenvalue weighted by molar-refractivity contribution is 7.92. The Labute approximate surface area is 242 Å². The second-order valence-electron chi connectivity index (χ2n) is 10.2. The molecule has 1 unspecified atom stereocenters. The Balaban J connectivity index is 1.88. The number of carbonyl (C=O) groups is 2. The first-order valence-electron chi connectivity index (χ1n) is 13.5. The molecule has 3 aromatic rings. The summed E-state index contributed by atoms with van der Waals surface area (Å²) in [4.78, 5) is 28.7. The highest BCUT2D eigenvalue weighted by atomic mass is 32.2. The quantitative estimate of drug-likeness (QED) is 0.301. The standard InChI is InChI=1S/C31H38FN3O5S/c1-23(2)33-31(37)29(20-24-10-6-5-7-11-24)34(22-25-15-17-26(32)18-16-25)30(36)14-9-19-35(41(4,38)39)27-12-8-13-28(21-27)40-3/h5-8,10-13,15-18,21,23,29H,9,14,19-20,22H2,1-4H3,(H,33,37). The van der Waals surface area contributed by atoms with E-state index < -0.39 is 21.9 Å². The van der Waals surface area contributed by atoms with Crippen molar-refractivity contribution < 1.29 is 27.1 Å². The Hall–Kier alpha value is -3.92. The van der Waals surface area contributed by atoms with Crippen LogP contribution in [0.5, 0.6) is 5.75 Å². The van der Waals surface area contributed by atoms with Crippen LogP contribution in [0.25, 0.3) is 0 Å². The summed E-state index contributed by atoms with van der Waals surface area (Å²) in [6, 6.07) is 21.0. The average Bonchev–Trinajstić information content (AvgIpc) is 2.93. The van der Waals surface area contributed by atoms with Crippen LogP contribution in [0.3, 0.4) is 0 Å². The second-order valence-corrected chi connectivity index (χ2v) is 12.1. The van der Waals surface area contributed by atoms with E-state index in [-0.39, 0.29) is 50.2 Å². The van der Waals surface area contributed by atoms with Crippen LogP contribution >= 0.6 is 0 Å². The van der Waals surface area contributed by atoms with Crippen molar-refractivity contribution in [1.82, 2.24) is 10.2 Å². The molecule has 0 heterocycles. The fourth-order valence-electron chi connectivity index (χ4n) is 4.49. The summed E-state index contributed by atoms with van der Waals surface area (Å²) in [5.74, 6) is -0.497. The molecule has 0 spiro atoms. The van der Waals surface area contributed by atoms with Crippen molar-refractivity contribution in [2.75, 3.05) is 24.2 Å². The summed E-state index contributed by atoms with van der Waals surface area (Å²) < 4.78 is 45.3. The minimum Gasteiger partial charge on any atom is -0.497 e. The zero-order valence-electron chi connectivity index (χ0n) is 23.9. The van der Waals surface area contributed by atoms with Gasteiger partial charge in [-0.3, -0.25) is 13.9 Å². The van der Waals surface area contributed by atoms with Gasteiger partial charge in [-0.1, -0.05) is 48.5 Å². The highest BCUT2D eigenvalue weighted by Crippen LogP contribution is 2.24. The van der Waals surface area contributed by atoms with Crippen molar-refractivity contribution >= 4 is 27.5 Å². The van der Waals surface area contributed by atoms with E-state index >= 15 is 0 Å². The smallest absolute Gasteiger partial charge is 0.243 e. The lowest BCUT2D eigenvalue weighted by Gasteiger charge is -2.32. The van der Waals surface area contributed by atoms with Crippen molar-refractivity contribution in [3.8, 4) is 5.75 Å². The number of nitrogens with one attached hydrogen (secondary N) is 1. The Morgan fingerprint density at radius 2 is 1.63 bits per heavy atom. The predicted molar refractivity (Wildman–Crippen MR) is 159 cm³/mol. The molecule has 0 saturated heterocycles. The SMILES string of the molecule is COc1cccc(N(CCCC(=O)N(Cc2ccc(F)cc2)C(Cc2ccccc2)C(=O)NC(C)C)S(C)(=O)=O)c1. The monoisotopic (exact) mass is 583 g/mol. The first-order valence-corrected chi connectivity index (χ1v) is 15.3. The van der Waals surface area contributed by atoms with Crippen molar-refractivity contribution in [2.24, 2.45) is 0 Å². The summed E-state index contributed by atoms with van der Waals surface area (Å²) >= 11 is 0. The Kier molecular flexibility index (Phi) is 11.3. The topological polar surface area (TPSA) is 96.0 Å². The molecular formula is C31H38FN3O5S. The number of rotatable bonds is 14. The molecule has 0 aromatic heterocycles. The number of sulfonamides is 1. The molecule has 1 atom stereocenters. The van der Waals surface area contributed by atoms with Gasteiger partial charge in [0.15, 0.2) is 0 Å². The highest BCUT2D eigenvalue weighted by Gasteiger charge is 2.31. The molecule has 10 heteroatoms. The van der Waals surface area contributed by atoms with E-state index in [0.717, 1.165) is 11.8 Å². The van der Waals surface area contributed by atoms with Crippen LogP contribution in [0.1, 0.15) is 37.8 Å². The number of ether oxygens (including phenoxy) is 1. The minimum atomic E-state index is -3.64. The molecule has 220 valence electrons. The lowest BCUT2D eigenvalue weighted by Crippen LogP contribution is -2.51. The zero-order valence-corrected chi connectivity index (χ0v) is 24.7. The van der Waals surface area contributed by atoms with Crippen molar-refractivity contribution in [3.05, 3.63) is 95.8 Å². The first-order chi connectivity index (χ1) is 19.5. The molecule has 0 aliphatic carbocycles. The maximum absolute atomic E-state index is 13.8. The summed E-state index contributed by atoms with van der Waals surface area (Å²) in [7, 11) is -2.14. The van der Waals surface area contributed by atoms with Gasteiger partial charge in [0.2, 0.25) is 21.8 Å². The number of hydrogen-bond acceptors (Lipinski definition) is 5.